The first kappa shape index (κ1) is 7.79. The number of carbonyl (C=O) groups is 1. The summed E-state index contributed by atoms with van der Waals surface area (Å²) in [5.41, 5.74) is 0.268. The quantitative estimate of drug-likeness (QED) is 0.659. The lowest BCUT2D eigenvalue weighted by atomic mass is 10.3. The van der Waals surface area contributed by atoms with Crippen molar-refractivity contribution < 1.29 is 13.7 Å². The summed E-state index contributed by atoms with van der Waals surface area (Å²) in [7, 11) is 0. The van der Waals surface area contributed by atoms with Gasteiger partial charge >= 0.3 is 0 Å². The second-order valence-electron chi connectivity index (χ2n) is 2.64. The van der Waals surface area contributed by atoms with Crippen molar-refractivity contribution in [2.75, 3.05) is 0 Å². The highest BCUT2D eigenvalue weighted by Crippen LogP contribution is 2.21. The summed E-state index contributed by atoms with van der Waals surface area (Å²) in [5.74, 6) is 1.84. The third-order valence-electron chi connectivity index (χ3n) is 1.63. The van der Waals surface area contributed by atoms with Crippen LogP contribution in [0.1, 0.15) is 16.2 Å². The minimum atomic E-state index is 0.268. The highest BCUT2D eigenvalue weighted by molar-refractivity contribution is 5.73. The van der Waals surface area contributed by atoms with Crippen molar-refractivity contribution in [3.63, 3.8) is 0 Å². The van der Waals surface area contributed by atoms with Crippen LogP contribution in [0, 0.1) is 6.92 Å². The molecule has 0 N–H and O–H groups in total. The van der Waals surface area contributed by atoms with E-state index in [0.717, 1.165) is 5.76 Å². The first-order chi connectivity index (χ1) is 6.29. The van der Waals surface area contributed by atoms with E-state index in [9.17, 15) is 4.79 Å². The minimum absolute atomic E-state index is 0.268. The lowest BCUT2D eigenvalue weighted by molar-refractivity contribution is 0.111. The van der Waals surface area contributed by atoms with Crippen LogP contribution < -0.4 is 0 Å². The number of hydrogen-bond acceptors (Lipinski definition) is 4. The largest absolute Gasteiger partial charge is 0.458 e. The molecule has 0 atom stereocenters. The highest BCUT2D eigenvalue weighted by atomic mass is 16.5. The Hall–Kier alpha value is -1.84. The van der Waals surface area contributed by atoms with E-state index in [1.165, 1.54) is 6.07 Å². The van der Waals surface area contributed by atoms with Gasteiger partial charge in [-0.2, -0.15) is 0 Å². The monoisotopic (exact) mass is 177 g/mol. The SMILES string of the molecule is Cc1ccc(-c2cc(C=O)no2)o1. The number of aromatic nitrogens is 1. The zero-order chi connectivity index (χ0) is 9.26. The molecule has 4 heteroatoms. The lowest BCUT2D eigenvalue weighted by Crippen LogP contribution is -1.72. The molecule has 0 saturated heterocycles. The van der Waals surface area contributed by atoms with Crippen LogP contribution in [0.3, 0.4) is 0 Å². The fourth-order valence-corrected chi connectivity index (χ4v) is 1.03. The maximum Gasteiger partial charge on any atom is 0.202 e. The molecule has 0 aliphatic heterocycles. The topological polar surface area (TPSA) is 56.2 Å². The van der Waals surface area contributed by atoms with Crippen molar-refractivity contribution >= 4 is 6.29 Å². The van der Waals surface area contributed by atoms with Crippen LogP contribution in [0.2, 0.25) is 0 Å². The molecule has 0 radical (unpaired) electrons. The van der Waals surface area contributed by atoms with Gasteiger partial charge in [0.05, 0.1) is 0 Å². The van der Waals surface area contributed by atoms with Crippen molar-refractivity contribution in [1.82, 2.24) is 5.16 Å². The molecule has 0 aliphatic rings. The Balaban J connectivity index is 2.40. The fourth-order valence-electron chi connectivity index (χ4n) is 1.03. The van der Waals surface area contributed by atoms with Gasteiger partial charge < -0.3 is 8.94 Å². The van der Waals surface area contributed by atoms with E-state index in [0.29, 0.717) is 17.8 Å². The lowest BCUT2D eigenvalue weighted by Gasteiger charge is -1.85. The number of aldehydes is 1. The van der Waals surface area contributed by atoms with Gasteiger partial charge in [-0.05, 0) is 19.1 Å². The van der Waals surface area contributed by atoms with Crippen LogP contribution in [0.4, 0.5) is 0 Å². The molecule has 4 nitrogen and oxygen atoms in total. The van der Waals surface area contributed by atoms with E-state index in [1.807, 2.05) is 13.0 Å². The number of aryl methyl sites for hydroxylation is 1. The van der Waals surface area contributed by atoms with Crippen molar-refractivity contribution in [2.24, 2.45) is 0 Å². The molecule has 2 aromatic heterocycles. The van der Waals surface area contributed by atoms with Crippen molar-refractivity contribution in [2.45, 2.75) is 6.92 Å². The van der Waals surface area contributed by atoms with E-state index in [1.54, 1.807) is 6.07 Å². The van der Waals surface area contributed by atoms with Crippen LogP contribution in [0.15, 0.2) is 27.1 Å². The molecule has 0 aromatic carbocycles. The van der Waals surface area contributed by atoms with E-state index >= 15 is 0 Å². The van der Waals surface area contributed by atoms with Crippen molar-refractivity contribution in [3.05, 3.63) is 29.7 Å². The van der Waals surface area contributed by atoms with Gasteiger partial charge in [0.15, 0.2) is 12.0 Å². The molecule has 0 spiro atoms. The molecule has 0 unspecified atom stereocenters. The number of rotatable bonds is 2. The normalized spacial score (nSPS) is 10.2. The Labute approximate surface area is 74.1 Å². The molecular formula is C9H7NO3. The molecule has 0 amide bonds. The number of carbonyl (C=O) groups excluding carboxylic acids is 1. The molecular weight excluding hydrogens is 170 g/mol. The summed E-state index contributed by atoms with van der Waals surface area (Å²) < 4.78 is 10.2. The Morgan fingerprint density at radius 3 is 2.77 bits per heavy atom. The van der Waals surface area contributed by atoms with E-state index in [-0.39, 0.29) is 5.69 Å². The van der Waals surface area contributed by atoms with Gasteiger partial charge in [-0.25, -0.2) is 0 Å². The van der Waals surface area contributed by atoms with Gasteiger partial charge in [0.2, 0.25) is 5.76 Å². The van der Waals surface area contributed by atoms with Gasteiger partial charge in [0, 0.05) is 6.07 Å². The maximum atomic E-state index is 10.3. The van der Waals surface area contributed by atoms with Crippen LogP contribution in [-0.4, -0.2) is 11.4 Å². The summed E-state index contributed by atoms with van der Waals surface area (Å²) >= 11 is 0. The van der Waals surface area contributed by atoms with Crippen LogP contribution in [0.25, 0.3) is 11.5 Å². The van der Waals surface area contributed by atoms with Crippen LogP contribution >= 0.6 is 0 Å². The molecule has 0 saturated carbocycles. The third-order valence-corrected chi connectivity index (χ3v) is 1.63. The van der Waals surface area contributed by atoms with E-state index in [4.69, 9.17) is 8.94 Å². The predicted octanol–water partition coefficient (Wildman–Crippen LogP) is 2.06. The fraction of sp³-hybridized carbons (Fsp3) is 0.111. The Bertz CT molecular complexity index is 428. The smallest absolute Gasteiger partial charge is 0.202 e. The Morgan fingerprint density at radius 2 is 2.23 bits per heavy atom. The molecule has 0 bridgehead atoms. The van der Waals surface area contributed by atoms with Gasteiger partial charge in [-0.15, -0.1) is 0 Å². The molecule has 66 valence electrons. The average molecular weight is 177 g/mol. The average Bonchev–Trinajstić information content (AvgIpc) is 2.71. The summed E-state index contributed by atoms with van der Waals surface area (Å²) in [5, 5.41) is 3.52. The van der Waals surface area contributed by atoms with Gasteiger partial charge in [-0.3, -0.25) is 4.79 Å². The predicted molar refractivity (Wildman–Crippen MR) is 44.3 cm³/mol. The van der Waals surface area contributed by atoms with Crippen molar-refractivity contribution in [1.29, 1.82) is 0 Å². The summed E-state index contributed by atoms with van der Waals surface area (Å²) in [6, 6.07) is 5.12. The maximum absolute atomic E-state index is 10.3. The second-order valence-corrected chi connectivity index (χ2v) is 2.64. The van der Waals surface area contributed by atoms with Crippen LogP contribution in [-0.2, 0) is 0 Å². The Morgan fingerprint density at radius 1 is 1.38 bits per heavy atom. The first-order valence-electron chi connectivity index (χ1n) is 3.78. The molecule has 0 fully saturated rings. The number of nitrogens with zero attached hydrogens (tertiary/aromatic N) is 1. The Kier molecular flexibility index (Phi) is 1.73. The number of furan rings is 1. The zero-order valence-corrected chi connectivity index (χ0v) is 6.98. The van der Waals surface area contributed by atoms with E-state index in [2.05, 4.69) is 5.16 Å². The summed E-state index contributed by atoms with van der Waals surface area (Å²) in [6.45, 7) is 1.83. The van der Waals surface area contributed by atoms with Gasteiger partial charge in [0.1, 0.15) is 11.5 Å². The summed E-state index contributed by atoms with van der Waals surface area (Å²) in [6.07, 6.45) is 0.628. The molecule has 13 heavy (non-hydrogen) atoms. The molecule has 2 heterocycles. The van der Waals surface area contributed by atoms with Crippen LogP contribution in [0.5, 0.6) is 0 Å². The second kappa shape index (κ2) is 2.90. The third kappa shape index (κ3) is 1.38. The summed E-state index contributed by atoms with van der Waals surface area (Å²) in [4.78, 5) is 10.3. The molecule has 2 rings (SSSR count). The molecule has 0 aliphatic carbocycles. The minimum Gasteiger partial charge on any atom is -0.458 e. The van der Waals surface area contributed by atoms with Crippen molar-refractivity contribution in [3.8, 4) is 11.5 Å². The number of hydrogen-bond donors (Lipinski definition) is 0. The first-order valence-corrected chi connectivity index (χ1v) is 3.78. The zero-order valence-electron chi connectivity index (χ0n) is 6.98. The highest BCUT2D eigenvalue weighted by Gasteiger charge is 2.08. The standard InChI is InChI=1S/C9H7NO3/c1-6-2-3-8(12-6)9-4-7(5-11)10-13-9/h2-5H,1H3. The van der Waals surface area contributed by atoms with E-state index < -0.39 is 0 Å². The molecule has 2 aromatic rings. The van der Waals surface area contributed by atoms with Gasteiger partial charge in [-0.1, -0.05) is 5.16 Å². The van der Waals surface area contributed by atoms with Gasteiger partial charge in [0.25, 0.3) is 0 Å².